The van der Waals surface area contributed by atoms with E-state index in [0.29, 0.717) is 0 Å². The molecule has 0 aliphatic heterocycles. The van der Waals surface area contributed by atoms with Gasteiger partial charge in [0.2, 0.25) is 0 Å². The molecule has 18 heavy (non-hydrogen) atoms. The second-order valence-corrected chi connectivity index (χ2v) is 4.77. The lowest BCUT2D eigenvalue weighted by molar-refractivity contribution is 0.343. The number of thiophene rings is 1. The van der Waals surface area contributed by atoms with Crippen molar-refractivity contribution < 1.29 is 5.11 Å². The van der Waals surface area contributed by atoms with Crippen molar-refractivity contribution in [2.24, 2.45) is 0 Å². The van der Waals surface area contributed by atoms with Crippen LogP contribution in [0, 0.1) is 0 Å². The van der Waals surface area contributed by atoms with Crippen LogP contribution in [-0.2, 0) is 0 Å². The maximum atomic E-state index is 8.68. The van der Waals surface area contributed by atoms with Crippen LogP contribution in [0.4, 0.5) is 0 Å². The number of allylic oxidation sites excluding steroid dienone is 5. The molecule has 92 valence electrons. The highest BCUT2D eigenvalue weighted by atomic mass is 32.1. The summed E-state index contributed by atoms with van der Waals surface area (Å²) in [4.78, 5) is 0. The Hall–Kier alpha value is -1.64. The molecule has 0 spiro atoms. The first-order chi connectivity index (χ1) is 8.86. The molecular weight excluding hydrogens is 240 g/mol. The summed E-state index contributed by atoms with van der Waals surface area (Å²) in [5.41, 5.74) is 2.47. The number of aliphatic hydroxyl groups excluding tert-OH is 1. The number of aliphatic hydroxyl groups is 1. The van der Waals surface area contributed by atoms with Crippen molar-refractivity contribution in [2.45, 2.75) is 6.92 Å². The predicted octanol–water partition coefficient (Wildman–Crippen LogP) is 4.41. The van der Waals surface area contributed by atoms with Crippen molar-refractivity contribution in [1.29, 1.82) is 0 Å². The Kier molecular flexibility index (Phi) is 4.51. The van der Waals surface area contributed by atoms with Crippen LogP contribution < -0.4 is 0 Å². The third kappa shape index (κ3) is 2.78. The number of fused-ring (bicyclic) bond motifs is 1. The minimum Gasteiger partial charge on any atom is -0.392 e. The Labute approximate surface area is 111 Å². The van der Waals surface area contributed by atoms with Crippen molar-refractivity contribution in [2.75, 3.05) is 6.61 Å². The number of hydrogen-bond donors (Lipinski definition) is 1. The maximum absolute atomic E-state index is 8.68. The molecule has 1 N–H and O–H groups in total. The molecule has 2 rings (SSSR count). The highest BCUT2D eigenvalue weighted by Crippen LogP contribution is 2.31. The third-order valence-electron chi connectivity index (χ3n) is 2.73. The summed E-state index contributed by atoms with van der Waals surface area (Å²) in [6.45, 7) is 2.12. The van der Waals surface area contributed by atoms with Gasteiger partial charge >= 0.3 is 0 Å². The van der Waals surface area contributed by atoms with E-state index in [4.69, 9.17) is 5.11 Å². The van der Waals surface area contributed by atoms with Crippen molar-refractivity contribution >= 4 is 27.0 Å². The van der Waals surface area contributed by atoms with E-state index in [-0.39, 0.29) is 6.61 Å². The monoisotopic (exact) mass is 256 g/mol. The van der Waals surface area contributed by atoms with E-state index in [1.165, 1.54) is 21.2 Å². The molecule has 0 unspecified atom stereocenters. The normalized spacial score (nSPS) is 13.1. The van der Waals surface area contributed by atoms with E-state index in [1.807, 2.05) is 19.1 Å². The van der Waals surface area contributed by atoms with Crippen LogP contribution in [0.3, 0.4) is 0 Å². The van der Waals surface area contributed by atoms with Gasteiger partial charge in [-0.25, -0.2) is 0 Å². The highest BCUT2D eigenvalue weighted by Gasteiger charge is 2.04. The molecule has 1 nitrogen and oxygen atoms in total. The second-order valence-electron chi connectivity index (χ2n) is 3.86. The smallest absolute Gasteiger partial charge is 0.0615 e. The van der Waals surface area contributed by atoms with Gasteiger partial charge in [-0.15, -0.1) is 11.3 Å². The van der Waals surface area contributed by atoms with Crippen molar-refractivity contribution in [1.82, 2.24) is 0 Å². The lowest BCUT2D eigenvalue weighted by Gasteiger charge is -1.99. The molecule has 1 heterocycles. The van der Waals surface area contributed by atoms with Gasteiger partial charge in [-0.2, -0.15) is 0 Å². The van der Waals surface area contributed by atoms with Crippen LogP contribution in [0.1, 0.15) is 12.5 Å². The first-order valence-corrected chi connectivity index (χ1v) is 6.81. The summed E-state index contributed by atoms with van der Waals surface area (Å²) in [6, 6.07) is 8.44. The molecule has 0 saturated heterocycles. The van der Waals surface area contributed by atoms with Gasteiger partial charge in [0.1, 0.15) is 0 Å². The Bertz CT molecular complexity index is 602. The van der Waals surface area contributed by atoms with Crippen molar-refractivity contribution in [3.8, 4) is 0 Å². The second kappa shape index (κ2) is 6.34. The van der Waals surface area contributed by atoms with E-state index in [0.717, 1.165) is 0 Å². The molecule has 0 radical (unpaired) electrons. The fourth-order valence-electron chi connectivity index (χ4n) is 1.84. The molecule has 0 saturated carbocycles. The summed E-state index contributed by atoms with van der Waals surface area (Å²) >= 11 is 1.77. The van der Waals surface area contributed by atoms with Gasteiger partial charge in [0.25, 0.3) is 0 Å². The number of benzene rings is 1. The van der Waals surface area contributed by atoms with Gasteiger partial charge in [-0.05, 0) is 29.5 Å². The van der Waals surface area contributed by atoms with Gasteiger partial charge < -0.3 is 5.11 Å². The van der Waals surface area contributed by atoms with Crippen LogP contribution in [-0.4, -0.2) is 11.7 Å². The molecule has 0 aliphatic carbocycles. The molecule has 2 heteroatoms. The van der Waals surface area contributed by atoms with Crippen LogP contribution in [0.15, 0.2) is 60.0 Å². The molecule has 1 aromatic heterocycles. The Balaban J connectivity index is 2.34. The largest absolute Gasteiger partial charge is 0.392 e. The highest BCUT2D eigenvalue weighted by molar-refractivity contribution is 7.17. The Morgan fingerprint density at radius 1 is 1.28 bits per heavy atom. The van der Waals surface area contributed by atoms with Gasteiger partial charge in [0.05, 0.1) is 6.61 Å². The SMILES string of the molecule is C\C=C(/C=C\C=C\CO)c1csc2ccccc12. The van der Waals surface area contributed by atoms with Gasteiger partial charge in [0.15, 0.2) is 0 Å². The third-order valence-corrected chi connectivity index (χ3v) is 3.69. The topological polar surface area (TPSA) is 20.2 Å². The summed E-state index contributed by atoms with van der Waals surface area (Å²) in [6.07, 6.45) is 9.71. The van der Waals surface area contributed by atoms with E-state index in [9.17, 15) is 0 Å². The zero-order chi connectivity index (χ0) is 12.8. The van der Waals surface area contributed by atoms with Crippen LogP contribution in [0.5, 0.6) is 0 Å². The lowest BCUT2D eigenvalue weighted by Crippen LogP contribution is -1.77. The number of rotatable bonds is 4. The number of hydrogen-bond acceptors (Lipinski definition) is 2. The minimum atomic E-state index is 0.0803. The van der Waals surface area contributed by atoms with Crippen molar-refractivity contribution in [3.63, 3.8) is 0 Å². The molecule has 0 atom stereocenters. The quantitative estimate of drug-likeness (QED) is 0.803. The minimum absolute atomic E-state index is 0.0803. The standard InChI is InChI=1S/C16H16OS/c1-2-13(8-4-3-7-11-17)15-12-18-16-10-6-5-9-14(15)16/h2-10,12,17H,11H2,1H3/b7-3+,8-4-,13-2+. The van der Waals surface area contributed by atoms with E-state index < -0.39 is 0 Å². The molecular formula is C16H16OS. The Morgan fingerprint density at radius 3 is 2.89 bits per heavy atom. The molecule has 2 aromatic rings. The van der Waals surface area contributed by atoms with Gasteiger partial charge in [-0.3, -0.25) is 0 Å². The van der Waals surface area contributed by atoms with Crippen LogP contribution in [0.2, 0.25) is 0 Å². The maximum Gasteiger partial charge on any atom is 0.0615 e. The molecule has 1 aromatic carbocycles. The van der Waals surface area contributed by atoms with Crippen molar-refractivity contribution in [3.05, 3.63) is 65.6 Å². The van der Waals surface area contributed by atoms with Crippen LogP contribution >= 0.6 is 11.3 Å². The van der Waals surface area contributed by atoms with E-state index in [2.05, 4.69) is 41.8 Å². The summed E-state index contributed by atoms with van der Waals surface area (Å²) in [5, 5.41) is 12.2. The zero-order valence-electron chi connectivity index (χ0n) is 10.3. The molecule has 0 aliphatic rings. The molecule has 0 amide bonds. The Morgan fingerprint density at radius 2 is 2.11 bits per heavy atom. The first-order valence-electron chi connectivity index (χ1n) is 5.94. The van der Waals surface area contributed by atoms with Gasteiger partial charge in [0, 0.05) is 10.1 Å². The fraction of sp³-hybridized carbons (Fsp3) is 0.125. The summed E-state index contributed by atoms with van der Waals surface area (Å²) in [5.74, 6) is 0. The van der Waals surface area contributed by atoms with E-state index >= 15 is 0 Å². The molecule has 0 bridgehead atoms. The fourth-order valence-corrected chi connectivity index (χ4v) is 2.81. The average Bonchev–Trinajstić information content (AvgIpc) is 2.83. The predicted molar refractivity (Wildman–Crippen MR) is 80.8 cm³/mol. The average molecular weight is 256 g/mol. The van der Waals surface area contributed by atoms with Gasteiger partial charge in [-0.1, -0.05) is 48.6 Å². The lowest BCUT2D eigenvalue weighted by atomic mass is 10.0. The molecule has 0 fully saturated rings. The first kappa shape index (κ1) is 12.8. The summed E-state index contributed by atoms with van der Waals surface area (Å²) in [7, 11) is 0. The zero-order valence-corrected chi connectivity index (χ0v) is 11.2. The van der Waals surface area contributed by atoms with Crippen LogP contribution in [0.25, 0.3) is 15.7 Å². The van der Waals surface area contributed by atoms with E-state index in [1.54, 1.807) is 17.4 Å². The summed E-state index contributed by atoms with van der Waals surface area (Å²) < 4.78 is 1.31.